The molecule has 2 N–H and O–H groups in total. The van der Waals surface area contributed by atoms with Crippen LogP contribution >= 0.6 is 0 Å². The summed E-state index contributed by atoms with van der Waals surface area (Å²) in [4.78, 5) is 0. The van der Waals surface area contributed by atoms with E-state index in [0.717, 1.165) is 22.7 Å². The summed E-state index contributed by atoms with van der Waals surface area (Å²) < 4.78 is 7.66. The van der Waals surface area contributed by atoms with E-state index < -0.39 is 0 Å². The summed E-state index contributed by atoms with van der Waals surface area (Å²) in [5.41, 5.74) is 8.48. The van der Waals surface area contributed by atoms with Gasteiger partial charge in [-0.15, -0.1) is 0 Å². The highest BCUT2D eigenvalue weighted by molar-refractivity contribution is 5.53. The Hall–Kier alpha value is -1.97. The lowest BCUT2D eigenvalue weighted by Gasteiger charge is -2.09. The summed E-state index contributed by atoms with van der Waals surface area (Å²) in [6.07, 6.45) is 1.97. The predicted molar refractivity (Wildman–Crippen MR) is 72.5 cm³/mol. The third kappa shape index (κ3) is 2.64. The van der Waals surface area contributed by atoms with Crippen LogP contribution in [0.3, 0.4) is 0 Å². The van der Waals surface area contributed by atoms with Gasteiger partial charge in [0.1, 0.15) is 12.4 Å². The third-order valence-electron chi connectivity index (χ3n) is 2.89. The first-order valence-electron chi connectivity index (χ1n) is 6.10. The van der Waals surface area contributed by atoms with Gasteiger partial charge in [-0.2, -0.15) is 5.10 Å². The highest BCUT2D eigenvalue weighted by atomic mass is 16.5. The van der Waals surface area contributed by atoms with Crippen LogP contribution in [-0.4, -0.2) is 9.78 Å². The van der Waals surface area contributed by atoms with Crippen molar-refractivity contribution < 1.29 is 4.74 Å². The molecule has 0 radical (unpaired) electrons. The Labute approximate surface area is 107 Å². The van der Waals surface area contributed by atoms with E-state index in [4.69, 9.17) is 10.5 Å². The molecule has 0 unspecified atom stereocenters. The van der Waals surface area contributed by atoms with Gasteiger partial charge in [-0.05, 0) is 39.0 Å². The number of hydrogen-bond acceptors (Lipinski definition) is 3. The molecule has 2 aromatic rings. The largest absolute Gasteiger partial charge is 0.487 e. The molecular weight excluding hydrogens is 226 g/mol. The Morgan fingerprint density at radius 2 is 2.11 bits per heavy atom. The van der Waals surface area contributed by atoms with Gasteiger partial charge in [-0.1, -0.05) is 6.07 Å². The van der Waals surface area contributed by atoms with E-state index in [0.29, 0.717) is 12.6 Å². The number of rotatable bonds is 4. The lowest BCUT2D eigenvalue weighted by Crippen LogP contribution is -2.04. The summed E-state index contributed by atoms with van der Waals surface area (Å²) in [6, 6.07) is 8.03. The lowest BCUT2D eigenvalue weighted by atomic mass is 10.2. The molecule has 0 amide bonds. The molecule has 2 rings (SSSR count). The van der Waals surface area contributed by atoms with Gasteiger partial charge in [-0.3, -0.25) is 4.68 Å². The SMILES string of the molecule is Cc1c(N)cccc1OCc1ccn(C(C)C)n1. The first-order chi connectivity index (χ1) is 8.58. The second-order valence-corrected chi connectivity index (χ2v) is 4.64. The number of ether oxygens (including phenoxy) is 1. The van der Waals surface area contributed by atoms with Crippen molar-refractivity contribution in [2.75, 3.05) is 5.73 Å². The maximum absolute atomic E-state index is 5.83. The number of benzene rings is 1. The van der Waals surface area contributed by atoms with Gasteiger partial charge < -0.3 is 10.5 Å². The minimum absolute atomic E-state index is 0.368. The third-order valence-corrected chi connectivity index (χ3v) is 2.89. The van der Waals surface area contributed by atoms with Crippen LogP contribution in [0, 0.1) is 6.92 Å². The molecule has 0 aliphatic rings. The zero-order valence-corrected chi connectivity index (χ0v) is 11.1. The molecule has 96 valence electrons. The zero-order valence-electron chi connectivity index (χ0n) is 11.1. The van der Waals surface area contributed by atoms with Crippen LogP contribution in [0.5, 0.6) is 5.75 Å². The molecule has 4 heteroatoms. The molecule has 1 heterocycles. The summed E-state index contributed by atoms with van der Waals surface area (Å²) in [6.45, 7) is 6.61. The number of anilines is 1. The average Bonchev–Trinajstić information content (AvgIpc) is 2.80. The molecule has 1 aromatic carbocycles. The molecule has 1 aromatic heterocycles. The Bertz CT molecular complexity index is 532. The van der Waals surface area contributed by atoms with Gasteiger partial charge in [-0.25, -0.2) is 0 Å². The van der Waals surface area contributed by atoms with E-state index in [1.54, 1.807) is 0 Å². The standard InChI is InChI=1S/C14H19N3O/c1-10(2)17-8-7-12(16-17)9-18-14-6-4-5-13(15)11(14)3/h4-8,10H,9,15H2,1-3H3. The van der Waals surface area contributed by atoms with Gasteiger partial charge in [0, 0.05) is 23.5 Å². The first kappa shape index (κ1) is 12.5. The molecule has 18 heavy (non-hydrogen) atoms. The summed E-state index contributed by atoms with van der Waals surface area (Å²) in [5, 5.41) is 4.44. The molecule has 0 aliphatic carbocycles. The van der Waals surface area contributed by atoms with Gasteiger partial charge in [0.25, 0.3) is 0 Å². The topological polar surface area (TPSA) is 53.1 Å². The van der Waals surface area contributed by atoms with Gasteiger partial charge in [0.05, 0.1) is 5.69 Å². The molecule has 0 spiro atoms. The second-order valence-electron chi connectivity index (χ2n) is 4.64. The Kier molecular flexibility index (Phi) is 3.55. The van der Waals surface area contributed by atoms with E-state index >= 15 is 0 Å². The number of hydrogen-bond donors (Lipinski definition) is 1. The Morgan fingerprint density at radius 3 is 2.78 bits per heavy atom. The highest BCUT2D eigenvalue weighted by Gasteiger charge is 2.05. The number of nitrogens with zero attached hydrogens (tertiary/aromatic N) is 2. The zero-order chi connectivity index (χ0) is 13.1. The quantitative estimate of drug-likeness (QED) is 0.843. The van der Waals surface area contributed by atoms with Crippen LogP contribution in [0.4, 0.5) is 5.69 Å². The van der Waals surface area contributed by atoms with Crippen LogP contribution in [0.2, 0.25) is 0 Å². The summed E-state index contributed by atoms with van der Waals surface area (Å²) >= 11 is 0. The predicted octanol–water partition coefficient (Wildman–Crippen LogP) is 2.93. The fourth-order valence-corrected chi connectivity index (χ4v) is 1.68. The van der Waals surface area contributed by atoms with Gasteiger partial charge in [0.15, 0.2) is 0 Å². The van der Waals surface area contributed by atoms with Crippen LogP contribution < -0.4 is 10.5 Å². The summed E-state index contributed by atoms with van der Waals surface area (Å²) in [7, 11) is 0. The van der Waals surface area contributed by atoms with Crippen molar-refractivity contribution in [3.8, 4) is 5.75 Å². The van der Waals surface area contributed by atoms with Crippen molar-refractivity contribution in [1.82, 2.24) is 9.78 Å². The second kappa shape index (κ2) is 5.12. The monoisotopic (exact) mass is 245 g/mol. The molecule has 0 bridgehead atoms. The molecule has 4 nitrogen and oxygen atoms in total. The van der Waals surface area contributed by atoms with E-state index in [1.807, 2.05) is 42.1 Å². The molecular formula is C14H19N3O. The normalized spacial score (nSPS) is 10.9. The van der Waals surface area contributed by atoms with E-state index in [9.17, 15) is 0 Å². The summed E-state index contributed by atoms with van der Waals surface area (Å²) in [5.74, 6) is 0.814. The van der Waals surface area contributed by atoms with Gasteiger partial charge in [0.2, 0.25) is 0 Å². The lowest BCUT2D eigenvalue weighted by molar-refractivity contribution is 0.297. The van der Waals surface area contributed by atoms with Crippen molar-refractivity contribution in [2.24, 2.45) is 0 Å². The van der Waals surface area contributed by atoms with Crippen LogP contribution in [0.1, 0.15) is 31.1 Å². The van der Waals surface area contributed by atoms with Crippen LogP contribution in [-0.2, 0) is 6.61 Å². The molecule has 0 aliphatic heterocycles. The molecule has 0 fully saturated rings. The number of aromatic nitrogens is 2. The minimum atomic E-state index is 0.368. The number of nitrogens with two attached hydrogens (primary N) is 1. The Morgan fingerprint density at radius 1 is 1.33 bits per heavy atom. The fourth-order valence-electron chi connectivity index (χ4n) is 1.68. The number of nitrogen functional groups attached to an aromatic ring is 1. The van der Waals surface area contributed by atoms with Crippen molar-refractivity contribution in [2.45, 2.75) is 33.4 Å². The van der Waals surface area contributed by atoms with Crippen LogP contribution in [0.15, 0.2) is 30.5 Å². The van der Waals surface area contributed by atoms with Crippen LogP contribution in [0.25, 0.3) is 0 Å². The van der Waals surface area contributed by atoms with Crippen molar-refractivity contribution in [3.05, 3.63) is 41.7 Å². The van der Waals surface area contributed by atoms with Crippen molar-refractivity contribution in [1.29, 1.82) is 0 Å². The Balaban J connectivity index is 2.04. The van der Waals surface area contributed by atoms with Crippen molar-refractivity contribution in [3.63, 3.8) is 0 Å². The maximum Gasteiger partial charge on any atom is 0.132 e. The van der Waals surface area contributed by atoms with Crippen molar-refractivity contribution >= 4 is 5.69 Å². The smallest absolute Gasteiger partial charge is 0.132 e. The average molecular weight is 245 g/mol. The maximum atomic E-state index is 5.83. The van der Waals surface area contributed by atoms with Gasteiger partial charge >= 0.3 is 0 Å². The molecule has 0 saturated carbocycles. The van der Waals surface area contributed by atoms with E-state index in [1.165, 1.54) is 0 Å². The molecule has 0 saturated heterocycles. The molecule has 0 atom stereocenters. The highest BCUT2D eigenvalue weighted by Crippen LogP contribution is 2.23. The van der Waals surface area contributed by atoms with E-state index in [2.05, 4.69) is 18.9 Å². The minimum Gasteiger partial charge on any atom is -0.487 e. The van der Waals surface area contributed by atoms with E-state index in [-0.39, 0.29) is 0 Å². The first-order valence-corrected chi connectivity index (χ1v) is 6.10. The fraction of sp³-hybridized carbons (Fsp3) is 0.357.